The van der Waals surface area contributed by atoms with E-state index in [0.29, 0.717) is 34.9 Å². The predicted molar refractivity (Wildman–Crippen MR) is 100 cm³/mol. The van der Waals surface area contributed by atoms with E-state index in [9.17, 15) is 18.8 Å². The van der Waals surface area contributed by atoms with Crippen LogP contribution in [0.1, 0.15) is 41.9 Å². The topological polar surface area (TPSA) is 67.2 Å². The monoisotopic (exact) mass is 385 g/mol. The molecule has 146 valence electrons. The molecule has 0 saturated heterocycles. The largest absolute Gasteiger partial charge is 0.289 e. The lowest BCUT2D eigenvalue weighted by atomic mass is 9.75. The molecule has 1 aliphatic carbocycles. The van der Waals surface area contributed by atoms with Crippen molar-refractivity contribution in [3.63, 3.8) is 0 Å². The standard InChI is InChI=1S/C21H21F2N3O2/c1-12-16(4-3-5-17(12)22)21(20(27)25-28)7-6-13(10-21)15-9-19-14(8-18(15)23)11-24-26(19)2/h3-5,8-9,11,13,28H,6-7,10H2,1-2H3,(H,25,27)/t13?,21-/m0/s1. The molecule has 0 radical (unpaired) electrons. The lowest BCUT2D eigenvalue weighted by Crippen LogP contribution is -2.42. The Kier molecular flexibility index (Phi) is 4.42. The third kappa shape index (κ3) is 2.69. The first-order valence-electron chi connectivity index (χ1n) is 9.18. The summed E-state index contributed by atoms with van der Waals surface area (Å²) in [5.74, 6) is -1.58. The normalized spacial score (nSPS) is 22.0. The van der Waals surface area contributed by atoms with Crippen LogP contribution in [0.3, 0.4) is 0 Å². The molecular formula is C21H21F2N3O2. The smallest absolute Gasteiger partial charge is 0.254 e. The molecule has 1 saturated carbocycles. The van der Waals surface area contributed by atoms with Crippen molar-refractivity contribution < 1.29 is 18.8 Å². The van der Waals surface area contributed by atoms with Crippen LogP contribution in [0.5, 0.6) is 0 Å². The SMILES string of the molecule is Cc1c(F)cccc1[C@]1(C(=O)NO)CCC(c2cc3c(cnn3C)cc2F)C1. The van der Waals surface area contributed by atoms with E-state index in [-0.39, 0.29) is 18.2 Å². The van der Waals surface area contributed by atoms with Crippen LogP contribution in [0.4, 0.5) is 8.78 Å². The first-order valence-corrected chi connectivity index (χ1v) is 9.18. The Morgan fingerprint density at radius 1 is 1.32 bits per heavy atom. The molecular weight excluding hydrogens is 364 g/mol. The van der Waals surface area contributed by atoms with Crippen LogP contribution >= 0.6 is 0 Å². The van der Waals surface area contributed by atoms with E-state index in [0.717, 1.165) is 5.52 Å². The summed E-state index contributed by atoms with van der Waals surface area (Å²) in [7, 11) is 1.79. The van der Waals surface area contributed by atoms with E-state index in [1.807, 2.05) is 0 Å². The summed E-state index contributed by atoms with van der Waals surface area (Å²) >= 11 is 0. The number of hydrogen-bond donors (Lipinski definition) is 2. The molecule has 1 fully saturated rings. The molecule has 28 heavy (non-hydrogen) atoms. The molecule has 1 aromatic heterocycles. The van der Waals surface area contributed by atoms with Crippen molar-refractivity contribution >= 4 is 16.8 Å². The number of halogens is 2. The molecule has 0 spiro atoms. The Bertz CT molecular complexity index is 1080. The number of hydrogen-bond acceptors (Lipinski definition) is 3. The molecule has 2 atom stereocenters. The Hall–Kier alpha value is -2.80. The van der Waals surface area contributed by atoms with E-state index < -0.39 is 17.1 Å². The van der Waals surface area contributed by atoms with Gasteiger partial charge in [0, 0.05) is 12.4 Å². The maximum Gasteiger partial charge on any atom is 0.254 e. The highest BCUT2D eigenvalue weighted by Gasteiger charge is 2.48. The highest BCUT2D eigenvalue weighted by atomic mass is 19.1. The van der Waals surface area contributed by atoms with Crippen LogP contribution in [0.25, 0.3) is 10.9 Å². The summed E-state index contributed by atoms with van der Waals surface area (Å²) in [6.07, 6.45) is 2.82. The lowest BCUT2D eigenvalue weighted by Gasteiger charge is -2.29. The van der Waals surface area contributed by atoms with Crippen molar-refractivity contribution in [1.82, 2.24) is 15.3 Å². The molecule has 2 N–H and O–H groups in total. The van der Waals surface area contributed by atoms with Gasteiger partial charge in [-0.2, -0.15) is 5.10 Å². The second-order valence-corrected chi connectivity index (χ2v) is 7.58. The number of hydroxylamine groups is 1. The molecule has 1 unspecified atom stereocenters. The molecule has 1 amide bonds. The molecule has 3 aromatic rings. The van der Waals surface area contributed by atoms with Crippen LogP contribution in [0.15, 0.2) is 36.5 Å². The van der Waals surface area contributed by atoms with Gasteiger partial charge < -0.3 is 0 Å². The fourth-order valence-corrected chi connectivity index (χ4v) is 4.62. The summed E-state index contributed by atoms with van der Waals surface area (Å²) in [5.41, 5.74) is 2.85. The van der Waals surface area contributed by atoms with Crippen LogP contribution in [0.2, 0.25) is 0 Å². The van der Waals surface area contributed by atoms with Gasteiger partial charge in [-0.25, -0.2) is 14.3 Å². The number of aromatic nitrogens is 2. The zero-order valence-electron chi connectivity index (χ0n) is 15.7. The maximum atomic E-state index is 14.8. The summed E-state index contributed by atoms with van der Waals surface area (Å²) in [6, 6.07) is 7.83. The zero-order valence-corrected chi connectivity index (χ0v) is 15.7. The first kappa shape index (κ1) is 18.6. The van der Waals surface area contributed by atoms with Crippen molar-refractivity contribution in [3.05, 3.63) is 64.9 Å². The van der Waals surface area contributed by atoms with Gasteiger partial charge in [-0.3, -0.25) is 14.7 Å². The van der Waals surface area contributed by atoms with Gasteiger partial charge in [0.2, 0.25) is 0 Å². The van der Waals surface area contributed by atoms with Crippen LogP contribution < -0.4 is 5.48 Å². The van der Waals surface area contributed by atoms with E-state index in [4.69, 9.17) is 0 Å². The van der Waals surface area contributed by atoms with Crippen LogP contribution in [0, 0.1) is 18.6 Å². The average molecular weight is 385 g/mol. The molecule has 5 nitrogen and oxygen atoms in total. The van der Waals surface area contributed by atoms with Crippen molar-refractivity contribution in [1.29, 1.82) is 0 Å². The highest BCUT2D eigenvalue weighted by molar-refractivity contribution is 5.88. The van der Waals surface area contributed by atoms with E-state index in [1.165, 1.54) is 12.1 Å². The van der Waals surface area contributed by atoms with E-state index in [1.54, 1.807) is 48.5 Å². The molecule has 4 rings (SSSR count). The third-order valence-electron chi connectivity index (χ3n) is 6.14. The molecule has 1 heterocycles. The summed E-state index contributed by atoms with van der Waals surface area (Å²) in [6.45, 7) is 1.62. The van der Waals surface area contributed by atoms with Gasteiger partial charge in [0.15, 0.2) is 0 Å². The second-order valence-electron chi connectivity index (χ2n) is 7.58. The Labute approximate surface area is 160 Å². The fourth-order valence-electron chi connectivity index (χ4n) is 4.62. The van der Waals surface area contributed by atoms with Crippen molar-refractivity contribution in [3.8, 4) is 0 Å². The minimum Gasteiger partial charge on any atom is -0.289 e. The zero-order chi connectivity index (χ0) is 20.1. The predicted octanol–water partition coefficient (Wildman–Crippen LogP) is 3.87. The number of benzene rings is 2. The Morgan fingerprint density at radius 3 is 2.86 bits per heavy atom. The molecule has 0 aliphatic heterocycles. The van der Waals surface area contributed by atoms with Crippen molar-refractivity contribution in [2.24, 2.45) is 7.05 Å². The highest BCUT2D eigenvalue weighted by Crippen LogP contribution is 2.50. The van der Waals surface area contributed by atoms with Gasteiger partial charge in [-0.05, 0) is 67.0 Å². The minimum atomic E-state index is -1.11. The maximum absolute atomic E-state index is 14.8. The number of aryl methyl sites for hydroxylation is 1. The summed E-state index contributed by atoms with van der Waals surface area (Å²) in [4.78, 5) is 12.7. The van der Waals surface area contributed by atoms with Gasteiger partial charge in [-0.15, -0.1) is 0 Å². The summed E-state index contributed by atoms with van der Waals surface area (Å²) < 4.78 is 30.7. The molecule has 7 heteroatoms. The number of nitrogens with zero attached hydrogens (tertiary/aromatic N) is 2. The van der Waals surface area contributed by atoms with Gasteiger partial charge in [0.05, 0.1) is 17.1 Å². The number of nitrogens with one attached hydrogen (secondary N) is 1. The van der Waals surface area contributed by atoms with Gasteiger partial charge in [0.1, 0.15) is 11.6 Å². The lowest BCUT2D eigenvalue weighted by molar-refractivity contribution is -0.135. The molecule has 2 aromatic carbocycles. The Balaban J connectivity index is 1.80. The van der Waals surface area contributed by atoms with Gasteiger partial charge >= 0.3 is 0 Å². The van der Waals surface area contributed by atoms with Crippen LogP contribution in [-0.2, 0) is 17.3 Å². The quantitative estimate of drug-likeness (QED) is 0.531. The molecule has 1 aliphatic rings. The third-order valence-corrected chi connectivity index (χ3v) is 6.14. The molecule has 0 bridgehead atoms. The number of amides is 1. The average Bonchev–Trinajstić information content (AvgIpc) is 3.27. The van der Waals surface area contributed by atoms with Gasteiger partial charge in [-0.1, -0.05) is 12.1 Å². The Morgan fingerprint density at radius 2 is 2.11 bits per heavy atom. The first-order chi connectivity index (χ1) is 13.4. The van der Waals surface area contributed by atoms with E-state index in [2.05, 4.69) is 5.10 Å². The minimum absolute atomic E-state index is 0.237. The van der Waals surface area contributed by atoms with Gasteiger partial charge in [0.25, 0.3) is 5.91 Å². The fraction of sp³-hybridized carbons (Fsp3) is 0.333. The second kappa shape index (κ2) is 6.67. The van der Waals surface area contributed by atoms with E-state index >= 15 is 0 Å². The van der Waals surface area contributed by atoms with Crippen molar-refractivity contribution in [2.45, 2.75) is 37.5 Å². The van der Waals surface area contributed by atoms with Crippen molar-refractivity contribution in [2.75, 3.05) is 0 Å². The number of carbonyl (C=O) groups excluding carboxylic acids is 1. The number of rotatable bonds is 3. The number of carbonyl (C=O) groups is 1. The van der Waals surface area contributed by atoms with Crippen LogP contribution in [-0.4, -0.2) is 20.9 Å². The summed E-state index contributed by atoms with van der Waals surface area (Å²) in [5, 5.41) is 14.2. The number of fused-ring (bicyclic) bond motifs is 1.